The smallest absolute Gasteiger partial charge is 0.0769 e. The Morgan fingerprint density at radius 3 is 2.86 bits per heavy atom. The lowest BCUT2D eigenvalue weighted by molar-refractivity contribution is 0.154. The Balaban J connectivity index is 0.00000144. The highest BCUT2D eigenvalue weighted by molar-refractivity contribution is 5.85. The van der Waals surface area contributed by atoms with Crippen LogP contribution < -0.4 is 5.32 Å². The fourth-order valence-electron chi connectivity index (χ4n) is 3.67. The normalized spacial score (nSPS) is 24.7. The van der Waals surface area contributed by atoms with Gasteiger partial charge in [0.2, 0.25) is 0 Å². The van der Waals surface area contributed by atoms with Crippen LogP contribution in [0, 0.1) is 5.92 Å². The Morgan fingerprint density at radius 2 is 2.00 bits per heavy atom. The first-order valence-corrected chi connectivity index (χ1v) is 7.94. The van der Waals surface area contributed by atoms with Gasteiger partial charge in [-0.3, -0.25) is 4.90 Å². The zero-order valence-corrected chi connectivity index (χ0v) is 13.5. The lowest BCUT2D eigenvalue weighted by atomic mass is 9.93. The highest BCUT2D eigenvalue weighted by Gasteiger charge is 2.32. The van der Waals surface area contributed by atoms with Gasteiger partial charge in [0.05, 0.1) is 11.4 Å². The summed E-state index contributed by atoms with van der Waals surface area (Å²) < 4.78 is 1.97. The van der Waals surface area contributed by atoms with Crippen LogP contribution in [0.3, 0.4) is 0 Å². The van der Waals surface area contributed by atoms with Crippen molar-refractivity contribution in [1.82, 2.24) is 20.0 Å². The molecule has 2 unspecified atom stereocenters. The van der Waals surface area contributed by atoms with Crippen molar-refractivity contribution in [2.75, 3.05) is 19.6 Å². The number of hydrogen-bond donors (Lipinski definition) is 1. The van der Waals surface area contributed by atoms with Gasteiger partial charge >= 0.3 is 0 Å². The van der Waals surface area contributed by atoms with Crippen molar-refractivity contribution in [3.63, 3.8) is 0 Å². The molecule has 0 aliphatic carbocycles. The largest absolute Gasteiger partial charge is 0.314 e. The van der Waals surface area contributed by atoms with Gasteiger partial charge in [-0.25, -0.2) is 4.68 Å². The zero-order valence-electron chi connectivity index (χ0n) is 12.7. The summed E-state index contributed by atoms with van der Waals surface area (Å²) in [6.07, 6.45) is 4.68. The van der Waals surface area contributed by atoms with E-state index in [9.17, 15) is 0 Å². The van der Waals surface area contributed by atoms with Gasteiger partial charge in [-0.1, -0.05) is 18.2 Å². The molecule has 4 rings (SSSR count). The fourth-order valence-corrected chi connectivity index (χ4v) is 3.67. The maximum absolute atomic E-state index is 4.72. The molecule has 0 amide bonds. The molecule has 0 spiro atoms. The number of hydrogen-bond acceptors (Lipinski definition) is 3. The molecule has 2 aliphatic heterocycles. The summed E-state index contributed by atoms with van der Waals surface area (Å²) in [5.41, 5.74) is 2.30. The second-order valence-corrected chi connectivity index (χ2v) is 6.22. The van der Waals surface area contributed by atoms with E-state index >= 15 is 0 Å². The predicted octanol–water partition coefficient (Wildman–Crippen LogP) is 2.48. The molecule has 5 heteroatoms. The Kier molecular flexibility index (Phi) is 4.81. The molecule has 3 heterocycles. The van der Waals surface area contributed by atoms with Gasteiger partial charge in [0.1, 0.15) is 0 Å². The van der Waals surface area contributed by atoms with E-state index in [1.165, 1.54) is 38.2 Å². The number of halogens is 1. The van der Waals surface area contributed by atoms with Gasteiger partial charge in [0.15, 0.2) is 0 Å². The van der Waals surface area contributed by atoms with Crippen LogP contribution >= 0.6 is 12.4 Å². The number of nitrogens with zero attached hydrogens (tertiary/aromatic N) is 3. The highest BCUT2D eigenvalue weighted by Crippen LogP contribution is 2.25. The minimum atomic E-state index is 0. The molecule has 0 radical (unpaired) electrons. The number of likely N-dealkylation sites (tertiary alicyclic amines) is 1. The average molecular weight is 319 g/mol. The van der Waals surface area contributed by atoms with Crippen LogP contribution in [0.25, 0.3) is 5.69 Å². The Morgan fingerprint density at radius 1 is 1.14 bits per heavy atom. The number of piperidine rings is 1. The SMILES string of the molecule is Cl.c1ccc(-n2ccc(CN3CCC4NCCC4C3)n2)cc1. The van der Waals surface area contributed by atoms with Gasteiger partial charge in [0.25, 0.3) is 0 Å². The third kappa shape index (κ3) is 3.19. The summed E-state index contributed by atoms with van der Waals surface area (Å²) in [5, 5.41) is 8.34. The van der Waals surface area contributed by atoms with Crippen LogP contribution in [0.2, 0.25) is 0 Å². The van der Waals surface area contributed by atoms with E-state index in [4.69, 9.17) is 5.10 Å². The lowest BCUT2D eigenvalue weighted by Crippen LogP contribution is -2.43. The molecule has 0 saturated carbocycles. The zero-order chi connectivity index (χ0) is 14.1. The second kappa shape index (κ2) is 6.82. The molecule has 2 atom stereocenters. The van der Waals surface area contributed by atoms with Crippen molar-refractivity contribution in [3.05, 3.63) is 48.3 Å². The van der Waals surface area contributed by atoms with Crippen LogP contribution in [0.4, 0.5) is 0 Å². The standard InChI is InChI=1S/C17H22N4.ClH/c1-2-4-16(5-3-1)21-11-7-15(19-21)13-20-10-8-17-14(12-20)6-9-18-17;/h1-5,7,11,14,17-18H,6,8-10,12-13H2;1H. The van der Waals surface area contributed by atoms with Gasteiger partial charge < -0.3 is 5.32 Å². The van der Waals surface area contributed by atoms with E-state index in [-0.39, 0.29) is 12.4 Å². The number of nitrogens with one attached hydrogen (secondary N) is 1. The predicted molar refractivity (Wildman–Crippen MR) is 90.6 cm³/mol. The first-order valence-electron chi connectivity index (χ1n) is 7.94. The molecule has 22 heavy (non-hydrogen) atoms. The van der Waals surface area contributed by atoms with Crippen LogP contribution in [-0.2, 0) is 6.54 Å². The lowest BCUT2D eigenvalue weighted by Gasteiger charge is -2.34. The van der Waals surface area contributed by atoms with Crippen molar-refractivity contribution >= 4 is 12.4 Å². The molecule has 1 aromatic carbocycles. The molecule has 118 valence electrons. The summed E-state index contributed by atoms with van der Waals surface area (Å²) in [4.78, 5) is 2.56. The first-order chi connectivity index (χ1) is 10.4. The molecule has 2 aromatic rings. The molecule has 2 fully saturated rings. The molecule has 4 nitrogen and oxygen atoms in total. The van der Waals surface area contributed by atoms with E-state index in [2.05, 4.69) is 46.7 Å². The topological polar surface area (TPSA) is 33.1 Å². The summed E-state index contributed by atoms with van der Waals surface area (Å²) >= 11 is 0. The average Bonchev–Trinajstić information content (AvgIpc) is 3.17. The second-order valence-electron chi connectivity index (χ2n) is 6.22. The monoisotopic (exact) mass is 318 g/mol. The summed E-state index contributed by atoms with van der Waals surface area (Å²) in [6.45, 7) is 4.58. The number of benzene rings is 1. The molecule has 1 N–H and O–H groups in total. The molecule has 0 bridgehead atoms. The maximum atomic E-state index is 4.72. The quantitative estimate of drug-likeness (QED) is 0.944. The Bertz CT molecular complexity index is 598. The van der Waals surface area contributed by atoms with Crippen LogP contribution in [-0.4, -0.2) is 40.4 Å². The number of para-hydroxylation sites is 1. The van der Waals surface area contributed by atoms with Crippen LogP contribution in [0.1, 0.15) is 18.5 Å². The Labute approximate surface area is 137 Å². The van der Waals surface area contributed by atoms with Crippen LogP contribution in [0.15, 0.2) is 42.6 Å². The number of rotatable bonds is 3. The van der Waals surface area contributed by atoms with E-state index in [0.29, 0.717) is 0 Å². The van der Waals surface area contributed by atoms with E-state index in [0.717, 1.165) is 24.2 Å². The molecular formula is C17H23ClN4. The third-order valence-corrected chi connectivity index (χ3v) is 4.79. The van der Waals surface area contributed by atoms with E-state index in [1.54, 1.807) is 0 Å². The van der Waals surface area contributed by atoms with Gasteiger partial charge in [0, 0.05) is 31.9 Å². The van der Waals surface area contributed by atoms with Gasteiger partial charge in [-0.15, -0.1) is 12.4 Å². The Hall–Kier alpha value is -1.36. The number of fused-ring (bicyclic) bond motifs is 1. The molecular weight excluding hydrogens is 296 g/mol. The highest BCUT2D eigenvalue weighted by atomic mass is 35.5. The van der Waals surface area contributed by atoms with Gasteiger partial charge in [-0.2, -0.15) is 5.10 Å². The van der Waals surface area contributed by atoms with Crippen molar-refractivity contribution in [3.8, 4) is 5.69 Å². The summed E-state index contributed by atoms with van der Waals surface area (Å²) in [7, 11) is 0. The maximum Gasteiger partial charge on any atom is 0.0769 e. The summed E-state index contributed by atoms with van der Waals surface area (Å²) in [5.74, 6) is 0.843. The summed E-state index contributed by atoms with van der Waals surface area (Å²) in [6, 6.07) is 13.2. The fraction of sp³-hybridized carbons (Fsp3) is 0.471. The van der Waals surface area contributed by atoms with Crippen molar-refractivity contribution < 1.29 is 0 Å². The van der Waals surface area contributed by atoms with Crippen molar-refractivity contribution in [1.29, 1.82) is 0 Å². The molecule has 2 saturated heterocycles. The van der Waals surface area contributed by atoms with E-state index in [1.807, 2.05) is 10.7 Å². The molecule has 1 aromatic heterocycles. The van der Waals surface area contributed by atoms with Crippen LogP contribution in [0.5, 0.6) is 0 Å². The minimum Gasteiger partial charge on any atom is -0.314 e. The third-order valence-electron chi connectivity index (χ3n) is 4.79. The minimum absolute atomic E-state index is 0. The van der Waals surface area contributed by atoms with Crippen molar-refractivity contribution in [2.24, 2.45) is 5.92 Å². The molecule has 2 aliphatic rings. The van der Waals surface area contributed by atoms with Gasteiger partial charge in [-0.05, 0) is 43.5 Å². The van der Waals surface area contributed by atoms with Crippen molar-refractivity contribution in [2.45, 2.75) is 25.4 Å². The first kappa shape index (κ1) is 15.5. The number of aromatic nitrogens is 2. The van der Waals surface area contributed by atoms with E-state index < -0.39 is 0 Å².